The highest BCUT2D eigenvalue weighted by Gasteiger charge is 2.27. The molecule has 0 heterocycles. The van der Waals surface area contributed by atoms with Crippen molar-refractivity contribution >= 4 is 18.0 Å². The predicted molar refractivity (Wildman–Crippen MR) is 143 cm³/mol. The number of rotatable bonds is 9. The van der Waals surface area contributed by atoms with Gasteiger partial charge in [-0.05, 0) is 49.9 Å². The zero-order valence-electron chi connectivity index (χ0n) is 21.7. The minimum Gasteiger partial charge on any atom is -0.459 e. The van der Waals surface area contributed by atoms with Crippen molar-refractivity contribution in [2.75, 3.05) is 0 Å². The SMILES string of the molecule is C[C@H](NC(=O)[C@@H](Cc1ccc(-c2ccccc2)cc1)NC(=O)OC(C)(C)C)C(=O)OCc1ccccc1. The normalized spacial score (nSPS) is 12.6. The number of carbonyl (C=O) groups is 3. The standard InChI is InChI=1S/C30H34N2O5/c1-21(28(34)36-20-23-11-7-5-8-12-23)31-27(33)26(32-29(35)37-30(2,3)4)19-22-15-17-25(18-16-22)24-13-9-6-10-14-24/h5-18,21,26H,19-20H2,1-4H3,(H,31,33)(H,32,35)/t21-,26+/m0/s1. The van der Waals surface area contributed by atoms with Gasteiger partial charge in [0.05, 0.1) is 0 Å². The van der Waals surface area contributed by atoms with Crippen molar-refractivity contribution in [2.24, 2.45) is 0 Å². The minimum atomic E-state index is -0.957. The second-order valence-corrected chi connectivity index (χ2v) is 9.79. The molecule has 3 aromatic carbocycles. The molecule has 0 aliphatic rings. The number of ether oxygens (including phenoxy) is 2. The Balaban J connectivity index is 1.67. The maximum absolute atomic E-state index is 13.1. The van der Waals surface area contributed by atoms with Gasteiger partial charge in [-0.15, -0.1) is 0 Å². The van der Waals surface area contributed by atoms with Gasteiger partial charge in [-0.2, -0.15) is 0 Å². The molecule has 0 saturated heterocycles. The summed E-state index contributed by atoms with van der Waals surface area (Å²) < 4.78 is 10.7. The van der Waals surface area contributed by atoms with Gasteiger partial charge in [0, 0.05) is 6.42 Å². The largest absolute Gasteiger partial charge is 0.459 e. The summed E-state index contributed by atoms with van der Waals surface area (Å²) in [6.07, 6.45) is -0.501. The molecule has 0 saturated carbocycles. The summed E-state index contributed by atoms with van der Waals surface area (Å²) in [5.74, 6) is -1.08. The fraction of sp³-hybridized carbons (Fsp3) is 0.300. The molecule has 2 N–H and O–H groups in total. The summed E-state index contributed by atoms with van der Waals surface area (Å²) in [7, 11) is 0. The van der Waals surface area contributed by atoms with E-state index in [-0.39, 0.29) is 13.0 Å². The fourth-order valence-corrected chi connectivity index (χ4v) is 3.59. The fourth-order valence-electron chi connectivity index (χ4n) is 3.59. The Hall–Kier alpha value is -4.13. The van der Waals surface area contributed by atoms with Crippen molar-refractivity contribution < 1.29 is 23.9 Å². The average Bonchev–Trinajstić information content (AvgIpc) is 2.87. The van der Waals surface area contributed by atoms with Gasteiger partial charge < -0.3 is 20.1 Å². The minimum absolute atomic E-state index is 0.104. The second-order valence-electron chi connectivity index (χ2n) is 9.79. The van der Waals surface area contributed by atoms with Gasteiger partial charge in [-0.3, -0.25) is 4.79 Å². The Kier molecular flexibility index (Phi) is 9.44. The number of alkyl carbamates (subject to hydrolysis) is 1. The van der Waals surface area contributed by atoms with Crippen LogP contribution in [0.25, 0.3) is 11.1 Å². The van der Waals surface area contributed by atoms with Crippen LogP contribution < -0.4 is 10.6 Å². The van der Waals surface area contributed by atoms with Crippen molar-refractivity contribution in [3.63, 3.8) is 0 Å². The van der Waals surface area contributed by atoms with Crippen molar-refractivity contribution in [1.82, 2.24) is 10.6 Å². The number of benzene rings is 3. The van der Waals surface area contributed by atoms with Crippen molar-refractivity contribution in [1.29, 1.82) is 0 Å². The summed E-state index contributed by atoms with van der Waals surface area (Å²) in [6.45, 7) is 6.88. The Bertz CT molecular complexity index is 1170. The quantitative estimate of drug-likeness (QED) is 0.400. The number of esters is 1. The molecule has 0 fully saturated rings. The molecule has 0 aliphatic heterocycles. The lowest BCUT2D eigenvalue weighted by molar-refractivity contribution is -0.148. The number of carbonyl (C=O) groups excluding carboxylic acids is 3. The van der Waals surface area contributed by atoms with E-state index in [9.17, 15) is 14.4 Å². The molecule has 194 valence electrons. The van der Waals surface area contributed by atoms with Crippen LogP contribution in [0, 0.1) is 0 Å². The van der Waals surface area contributed by atoms with Crippen molar-refractivity contribution in [3.05, 3.63) is 96.1 Å². The molecule has 2 atom stereocenters. The third-order valence-corrected chi connectivity index (χ3v) is 5.44. The summed E-state index contributed by atoms with van der Waals surface area (Å²) in [5.41, 5.74) is 3.09. The monoisotopic (exact) mass is 502 g/mol. The summed E-state index contributed by atoms with van der Waals surface area (Å²) in [4.78, 5) is 38.1. The molecule has 7 nitrogen and oxygen atoms in total. The Morgan fingerprint density at radius 3 is 1.92 bits per heavy atom. The highest BCUT2D eigenvalue weighted by molar-refractivity contribution is 5.89. The van der Waals surface area contributed by atoms with E-state index in [4.69, 9.17) is 9.47 Å². The summed E-state index contributed by atoms with van der Waals surface area (Å²) in [6, 6.07) is 25.1. The summed E-state index contributed by atoms with van der Waals surface area (Å²) >= 11 is 0. The van der Waals surface area contributed by atoms with E-state index in [1.165, 1.54) is 0 Å². The number of hydrogen-bond acceptors (Lipinski definition) is 5. The zero-order chi connectivity index (χ0) is 26.8. The van der Waals surface area contributed by atoms with Crippen LogP contribution in [-0.4, -0.2) is 35.7 Å². The molecule has 0 bridgehead atoms. The maximum atomic E-state index is 13.1. The molecule has 2 amide bonds. The van der Waals surface area contributed by atoms with E-state index in [0.29, 0.717) is 0 Å². The van der Waals surface area contributed by atoms with E-state index in [0.717, 1.165) is 22.3 Å². The van der Waals surface area contributed by atoms with Crippen LogP contribution in [-0.2, 0) is 32.1 Å². The van der Waals surface area contributed by atoms with Gasteiger partial charge in [-0.1, -0.05) is 84.9 Å². The molecule has 0 aromatic heterocycles. The lowest BCUT2D eigenvalue weighted by atomic mass is 10.00. The average molecular weight is 503 g/mol. The van der Waals surface area contributed by atoms with Crippen molar-refractivity contribution in [2.45, 2.75) is 58.4 Å². The van der Waals surface area contributed by atoms with Crippen LogP contribution in [0.4, 0.5) is 4.79 Å². The van der Waals surface area contributed by atoms with Crippen LogP contribution >= 0.6 is 0 Å². The van der Waals surface area contributed by atoms with Crippen LogP contribution in [0.15, 0.2) is 84.9 Å². The first-order valence-corrected chi connectivity index (χ1v) is 12.3. The lowest BCUT2D eigenvalue weighted by Crippen LogP contribution is -2.52. The molecular weight excluding hydrogens is 468 g/mol. The topological polar surface area (TPSA) is 93.7 Å². The molecule has 0 spiro atoms. The number of amides is 2. The molecule has 0 aliphatic carbocycles. The predicted octanol–water partition coefficient (Wildman–Crippen LogP) is 5.04. The van der Waals surface area contributed by atoms with E-state index in [1.807, 2.05) is 84.9 Å². The Morgan fingerprint density at radius 2 is 1.32 bits per heavy atom. The summed E-state index contributed by atoms with van der Waals surface area (Å²) in [5, 5.41) is 5.30. The van der Waals surface area contributed by atoms with Crippen LogP contribution in [0.5, 0.6) is 0 Å². The van der Waals surface area contributed by atoms with Gasteiger partial charge in [0.25, 0.3) is 0 Å². The van der Waals surface area contributed by atoms with Gasteiger partial charge >= 0.3 is 12.1 Å². The first-order chi connectivity index (χ1) is 17.6. The molecule has 7 heteroatoms. The molecule has 0 unspecified atom stereocenters. The van der Waals surface area contributed by atoms with Crippen LogP contribution in [0.2, 0.25) is 0 Å². The molecular formula is C30H34N2O5. The lowest BCUT2D eigenvalue weighted by Gasteiger charge is -2.24. The third-order valence-electron chi connectivity index (χ3n) is 5.44. The van der Waals surface area contributed by atoms with Gasteiger partial charge in [0.2, 0.25) is 5.91 Å². The number of nitrogens with one attached hydrogen (secondary N) is 2. The van der Waals surface area contributed by atoms with E-state index >= 15 is 0 Å². The Morgan fingerprint density at radius 1 is 0.757 bits per heavy atom. The third kappa shape index (κ3) is 9.11. The first kappa shape index (κ1) is 27.5. The first-order valence-electron chi connectivity index (χ1n) is 12.3. The highest BCUT2D eigenvalue weighted by Crippen LogP contribution is 2.20. The van der Waals surface area contributed by atoms with Gasteiger partial charge in [-0.25, -0.2) is 9.59 Å². The molecule has 3 rings (SSSR count). The highest BCUT2D eigenvalue weighted by atomic mass is 16.6. The van der Waals surface area contributed by atoms with Gasteiger partial charge in [0.15, 0.2) is 0 Å². The zero-order valence-corrected chi connectivity index (χ0v) is 21.7. The second kappa shape index (κ2) is 12.7. The van der Waals surface area contributed by atoms with Crippen LogP contribution in [0.3, 0.4) is 0 Å². The Labute approximate surface area is 218 Å². The van der Waals surface area contributed by atoms with Crippen LogP contribution in [0.1, 0.15) is 38.8 Å². The molecule has 3 aromatic rings. The van der Waals surface area contributed by atoms with E-state index in [2.05, 4.69) is 10.6 Å². The molecule has 37 heavy (non-hydrogen) atoms. The van der Waals surface area contributed by atoms with Crippen molar-refractivity contribution in [3.8, 4) is 11.1 Å². The smallest absolute Gasteiger partial charge is 0.408 e. The number of hydrogen-bond donors (Lipinski definition) is 2. The van der Waals surface area contributed by atoms with E-state index in [1.54, 1.807) is 27.7 Å². The molecule has 0 radical (unpaired) electrons. The van der Waals surface area contributed by atoms with Gasteiger partial charge in [0.1, 0.15) is 24.3 Å². The van der Waals surface area contributed by atoms with E-state index < -0.39 is 35.7 Å². The maximum Gasteiger partial charge on any atom is 0.408 e.